The van der Waals surface area contributed by atoms with Crippen LogP contribution in [0.3, 0.4) is 0 Å². The van der Waals surface area contributed by atoms with Crippen LogP contribution in [0.25, 0.3) is 0 Å². The van der Waals surface area contributed by atoms with Crippen molar-refractivity contribution in [3.63, 3.8) is 0 Å². The van der Waals surface area contributed by atoms with Gasteiger partial charge in [-0.1, -0.05) is 0 Å². The number of halogens is 5. The van der Waals surface area contributed by atoms with E-state index < -0.39 is 30.4 Å². The number of carbonyl (C=O) groups is 1. The van der Waals surface area contributed by atoms with Crippen molar-refractivity contribution in [2.24, 2.45) is 5.73 Å². The molecular weight excluding hydrogens is 342 g/mol. The van der Waals surface area contributed by atoms with E-state index in [1.54, 1.807) is 13.8 Å². The minimum atomic E-state index is -4.26. The molecule has 1 rings (SSSR count). The molecule has 132 valence electrons. The molecule has 0 aliphatic rings. The number of ether oxygens (including phenoxy) is 1. The van der Waals surface area contributed by atoms with Crippen molar-refractivity contribution < 1.29 is 27.1 Å². The van der Waals surface area contributed by atoms with Crippen molar-refractivity contribution in [3.05, 3.63) is 23.9 Å². The lowest BCUT2D eigenvalue weighted by Crippen LogP contribution is -2.45. The van der Waals surface area contributed by atoms with E-state index >= 15 is 0 Å². The van der Waals surface area contributed by atoms with E-state index in [1.165, 1.54) is 6.07 Å². The summed E-state index contributed by atoms with van der Waals surface area (Å²) in [6.07, 6.45) is -2.73. The molecule has 0 aromatic carbocycles. The van der Waals surface area contributed by atoms with Crippen LogP contribution in [0.15, 0.2) is 18.3 Å². The highest BCUT2D eigenvalue weighted by atomic mass is 35.5. The molecule has 0 unspecified atom stereocenters. The Morgan fingerprint density at radius 1 is 1.39 bits per heavy atom. The van der Waals surface area contributed by atoms with Crippen LogP contribution in [-0.4, -0.2) is 41.9 Å². The maximum atomic E-state index is 12.7. The predicted molar refractivity (Wildman–Crippen MR) is 78.5 cm³/mol. The Balaban J connectivity index is 0.00000484. The summed E-state index contributed by atoms with van der Waals surface area (Å²) in [6, 6.07) is 2.42. The quantitative estimate of drug-likeness (QED) is 0.732. The molecule has 0 atom stereocenters. The summed E-state index contributed by atoms with van der Waals surface area (Å²) >= 11 is 0. The van der Waals surface area contributed by atoms with Gasteiger partial charge in [0.2, 0.25) is 5.88 Å². The molecule has 1 amide bonds. The summed E-state index contributed by atoms with van der Waals surface area (Å²) in [4.78, 5) is 15.4. The molecule has 0 spiro atoms. The Kier molecular flexibility index (Phi) is 7.72. The predicted octanol–water partition coefficient (Wildman–Crippen LogP) is 2.25. The molecule has 0 aliphatic heterocycles. The van der Waals surface area contributed by atoms with E-state index in [9.17, 15) is 22.4 Å². The molecule has 1 heterocycles. The highest BCUT2D eigenvalue weighted by Crippen LogP contribution is 2.23. The zero-order valence-electron chi connectivity index (χ0n) is 12.5. The summed E-state index contributed by atoms with van der Waals surface area (Å²) in [5.74, 6) is -4.99. The number of hydrogen-bond donors (Lipinski definition) is 2. The first-order chi connectivity index (χ1) is 10.0. The number of rotatable bonds is 7. The van der Waals surface area contributed by atoms with Gasteiger partial charge in [-0.05, 0) is 19.9 Å². The summed E-state index contributed by atoms with van der Waals surface area (Å²) in [5.41, 5.74) is 5.28. The zero-order valence-corrected chi connectivity index (χ0v) is 13.3. The van der Waals surface area contributed by atoms with Gasteiger partial charge < -0.3 is 15.8 Å². The number of alkyl halides is 4. The number of nitrogens with one attached hydrogen (secondary N) is 1. The molecule has 3 N–H and O–H groups in total. The lowest BCUT2D eigenvalue weighted by atomic mass is 10.1. The second-order valence-electron chi connectivity index (χ2n) is 5.41. The largest absolute Gasteiger partial charge is 0.471 e. The molecule has 10 heteroatoms. The van der Waals surface area contributed by atoms with Crippen LogP contribution in [0, 0.1) is 0 Å². The summed E-state index contributed by atoms with van der Waals surface area (Å²) in [7, 11) is 0. The van der Waals surface area contributed by atoms with Gasteiger partial charge in [0.1, 0.15) is 0 Å². The number of nitrogens with zero attached hydrogens (tertiary/aromatic N) is 1. The first-order valence-electron chi connectivity index (χ1n) is 6.33. The highest BCUT2D eigenvalue weighted by Gasteiger charge is 2.41. The number of nitrogens with two attached hydrogens (primary N) is 1. The Hall–Kier alpha value is -1.61. The third-order valence-corrected chi connectivity index (χ3v) is 2.43. The summed E-state index contributed by atoms with van der Waals surface area (Å²) < 4.78 is 53.7. The minimum Gasteiger partial charge on any atom is -0.471 e. The maximum absolute atomic E-state index is 12.7. The van der Waals surface area contributed by atoms with Crippen molar-refractivity contribution >= 4 is 18.3 Å². The SMILES string of the molecule is CC(C)(N)CNC(=O)c1ccc(OCC(F)(F)C(F)F)nc1.Cl. The third-order valence-electron chi connectivity index (χ3n) is 2.43. The van der Waals surface area contributed by atoms with Gasteiger partial charge in [-0.2, -0.15) is 8.78 Å². The molecule has 0 saturated heterocycles. The van der Waals surface area contributed by atoms with Crippen LogP contribution < -0.4 is 15.8 Å². The Labute approximate surface area is 137 Å². The molecule has 23 heavy (non-hydrogen) atoms. The van der Waals surface area contributed by atoms with Crippen molar-refractivity contribution in [1.29, 1.82) is 0 Å². The average molecular weight is 360 g/mol. The summed E-state index contributed by atoms with van der Waals surface area (Å²) in [5, 5.41) is 2.57. The minimum absolute atomic E-state index is 0. The van der Waals surface area contributed by atoms with Crippen molar-refractivity contribution in [1.82, 2.24) is 10.3 Å². The normalized spacial score (nSPS) is 11.8. The van der Waals surface area contributed by atoms with Crippen LogP contribution in [-0.2, 0) is 0 Å². The van der Waals surface area contributed by atoms with Crippen LogP contribution >= 0.6 is 12.4 Å². The number of hydrogen-bond acceptors (Lipinski definition) is 4. The number of amides is 1. The molecule has 0 aliphatic carbocycles. The maximum Gasteiger partial charge on any atom is 0.340 e. The molecule has 0 fully saturated rings. The monoisotopic (exact) mass is 359 g/mol. The number of carbonyl (C=O) groups excluding carboxylic acids is 1. The number of aromatic nitrogens is 1. The first kappa shape index (κ1) is 21.4. The third kappa shape index (κ3) is 7.47. The smallest absolute Gasteiger partial charge is 0.340 e. The topological polar surface area (TPSA) is 77.2 Å². The zero-order chi connectivity index (χ0) is 17.0. The first-order valence-corrected chi connectivity index (χ1v) is 6.33. The van der Waals surface area contributed by atoms with E-state index in [2.05, 4.69) is 15.0 Å². The van der Waals surface area contributed by atoms with Gasteiger partial charge in [-0.25, -0.2) is 13.8 Å². The Morgan fingerprint density at radius 3 is 2.43 bits per heavy atom. The van der Waals surface area contributed by atoms with E-state index in [-0.39, 0.29) is 30.4 Å². The molecule has 1 aromatic heterocycles. The van der Waals surface area contributed by atoms with E-state index in [1.807, 2.05) is 0 Å². The molecule has 0 radical (unpaired) electrons. The average Bonchev–Trinajstić information content (AvgIpc) is 2.42. The molecule has 0 saturated carbocycles. The van der Waals surface area contributed by atoms with Crippen LogP contribution in [0.5, 0.6) is 5.88 Å². The van der Waals surface area contributed by atoms with E-state index in [0.29, 0.717) is 0 Å². The standard InChI is InChI=1S/C13H17F4N3O2.ClH/c1-12(2,18)6-20-10(21)8-3-4-9(19-5-8)22-7-13(16,17)11(14)15;/h3-5,11H,6-7,18H2,1-2H3,(H,20,21);1H. The van der Waals surface area contributed by atoms with E-state index in [0.717, 1.165) is 12.3 Å². The fraction of sp³-hybridized carbons (Fsp3) is 0.538. The van der Waals surface area contributed by atoms with Gasteiger partial charge in [-0.3, -0.25) is 4.79 Å². The Bertz CT molecular complexity index is 507. The van der Waals surface area contributed by atoms with Gasteiger partial charge in [0.25, 0.3) is 5.91 Å². The van der Waals surface area contributed by atoms with E-state index in [4.69, 9.17) is 5.73 Å². The lowest BCUT2D eigenvalue weighted by molar-refractivity contribution is -0.148. The van der Waals surface area contributed by atoms with Crippen LogP contribution in [0.1, 0.15) is 24.2 Å². The van der Waals surface area contributed by atoms with Gasteiger partial charge in [0.05, 0.1) is 5.56 Å². The molecule has 1 aromatic rings. The Morgan fingerprint density at radius 2 is 2.00 bits per heavy atom. The van der Waals surface area contributed by atoms with Gasteiger partial charge in [-0.15, -0.1) is 12.4 Å². The molecular formula is C13H18ClF4N3O2. The van der Waals surface area contributed by atoms with Crippen LogP contribution in [0.4, 0.5) is 17.6 Å². The van der Waals surface area contributed by atoms with Gasteiger partial charge in [0, 0.05) is 24.3 Å². The van der Waals surface area contributed by atoms with Crippen molar-refractivity contribution in [2.45, 2.75) is 31.7 Å². The summed E-state index contributed by atoms with van der Waals surface area (Å²) in [6.45, 7) is 2.19. The van der Waals surface area contributed by atoms with Crippen LogP contribution in [0.2, 0.25) is 0 Å². The number of pyridine rings is 1. The fourth-order valence-electron chi connectivity index (χ4n) is 1.24. The molecule has 0 bridgehead atoms. The lowest BCUT2D eigenvalue weighted by Gasteiger charge is -2.18. The van der Waals surface area contributed by atoms with Gasteiger partial charge in [0.15, 0.2) is 6.61 Å². The van der Waals surface area contributed by atoms with Crippen molar-refractivity contribution in [2.75, 3.05) is 13.2 Å². The second kappa shape index (κ2) is 8.30. The fourth-order valence-corrected chi connectivity index (χ4v) is 1.24. The van der Waals surface area contributed by atoms with Crippen molar-refractivity contribution in [3.8, 4) is 5.88 Å². The van der Waals surface area contributed by atoms with Gasteiger partial charge >= 0.3 is 12.3 Å². The molecule has 5 nitrogen and oxygen atoms in total. The second-order valence-corrected chi connectivity index (χ2v) is 5.41. The highest BCUT2D eigenvalue weighted by molar-refractivity contribution is 5.93.